The fourth-order valence-corrected chi connectivity index (χ4v) is 3.20. The first kappa shape index (κ1) is 23.6. The molecule has 0 spiro atoms. The van der Waals surface area contributed by atoms with Gasteiger partial charge in [0.25, 0.3) is 0 Å². The van der Waals surface area contributed by atoms with Crippen LogP contribution in [0.25, 0.3) is 10.8 Å². The summed E-state index contributed by atoms with van der Waals surface area (Å²) < 4.78 is 0. The summed E-state index contributed by atoms with van der Waals surface area (Å²) in [6.45, 7) is 8.88. The molecule has 1 aromatic heterocycles. The number of aliphatic imine (C=N–C) groups is 1. The Morgan fingerprint density at radius 3 is 2.67 bits per heavy atom. The van der Waals surface area contributed by atoms with Gasteiger partial charge in [0, 0.05) is 31.3 Å². The molecule has 2 rings (SSSR count). The van der Waals surface area contributed by atoms with Gasteiger partial charge in [-0.25, -0.2) is 4.99 Å². The minimum absolute atomic E-state index is 0. The number of hydrogen-bond acceptors (Lipinski definition) is 3. The predicted octanol–water partition coefficient (Wildman–Crippen LogP) is 3.95. The molecule has 0 fully saturated rings. The van der Waals surface area contributed by atoms with Gasteiger partial charge in [0.2, 0.25) is 0 Å². The molecule has 0 aliphatic carbocycles. The van der Waals surface area contributed by atoms with Crippen molar-refractivity contribution >= 4 is 40.7 Å². The van der Waals surface area contributed by atoms with Crippen molar-refractivity contribution in [2.45, 2.75) is 40.2 Å². The van der Waals surface area contributed by atoms with E-state index < -0.39 is 0 Å². The SMILES string of the molecule is CCNC(=NCc1nccc2ccccc12)NCC(CCO)CC(C)C.I. The van der Waals surface area contributed by atoms with Crippen LogP contribution in [0.1, 0.15) is 39.3 Å². The van der Waals surface area contributed by atoms with E-state index in [9.17, 15) is 5.11 Å². The number of hydrogen-bond donors (Lipinski definition) is 3. The maximum Gasteiger partial charge on any atom is 0.191 e. The molecule has 27 heavy (non-hydrogen) atoms. The third kappa shape index (κ3) is 8.01. The molecule has 5 nitrogen and oxygen atoms in total. The van der Waals surface area contributed by atoms with Crippen LogP contribution in [0.15, 0.2) is 41.5 Å². The Kier molecular flexibility index (Phi) is 11.3. The van der Waals surface area contributed by atoms with Crippen LogP contribution < -0.4 is 10.6 Å². The first-order valence-electron chi connectivity index (χ1n) is 9.59. The van der Waals surface area contributed by atoms with E-state index in [4.69, 9.17) is 4.99 Å². The molecule has 1 unspecified atom stereocenters. The smallest absolute Gasteiger partial charge is 0.191 e. The van der Waals surface area contributed by atoms with Gasteiger partial charge < -0.3 is 15.7 Å². The summed E-state index contributed by atoms with van der Waals surface area (Å²) in [6.07, 6.45) is 3.75. The number of nitrogens with one attached hydrogen (secondary N) is 2. The first-order chi connectivity index (χ1) is 12.6. The lowest BCUT2D eigenvalue weighted by Crippen LogP contribution is -2.40. The number of benzene rings is 1. The molecule has 0 radical (unpaired) electrons. The predicted molar refractivity (Wildman–Crippen MR) is 125 cm³/mol. The minimum atomic E-state index is 0. The molecule has 0 aliphatic heterocycles. The van der Waals surface area contributed by atoms with Crippen molar-refractivity contribution in [2.24, 2.45) is 16.8 Å². The van der Waals surface area contributed by atoms with Gasteiger partial charge in [0.1, 0.15) is 0 Å². The molecule has 0 saturated heterocycles. The third-order valence-corrected chi connectivity index (χ3v) is 4.39. The van der Waals surface area contributed by atoms with E-state index in [1.54, 1.807) is 0 Å². The second-order valence-electron chi connectivity index (χ2n) is 7.06. The Hall–Kier alpha value is -1.41. The second kappa shape index (κ2) is 12.9. The summed E-state index contributed by atoms with van der Waals surface area (Å²) in [4.78, 5) is 9.22. The standard InChI is InChI=1S/C21H32N4O.HI/c1-4-22-21(24-14-17(10-12-26)13-16(2)3)25-15-20-19-8-6-5-7-18(19)9-11-23-20;/h5-9,11,16-17,26H,4,10,12-15H2,1-3H3,(H2,22,24,25);1H. The van der Waals surface area contributed by atoms with E-state index >= 15 is 0 Å². The number of rotatable bonds is 9. The number of guanidine groups is 1. The molecule has 3 N–H and O–H groups in total. The molecule has 6 heteroatoms. The van der Waals surface area contributed by atoms with Crippen LogP contribution >= 0.6 is 24.0 Å². The highest BCUT2D eigenvalue weighted by Crippen LogP contribution is 2.17. The number of pyridine rings is 1. The highest BCUT2D eigenvalue weighted by atomic mass is 127. The number of nitrogens with zero attached hydrogens (tertiary/aromatic N) is 2. The molecule has 0 aliphatic rings. The van der Waals surface area contributed by atoms with E-state index in [2.05, 4.69) is 48.5 Å². The van der Waals surface area contributed by atoms with Gasteiger partial charge in [-0.05, 0) is 43.1 Å². The average molecular weight is 484 g/mol. The number of aliphatic hydroxyl groups is 1. The highest BCUT2D eigenvalue weighted by Gasteiger charge is 2.11. The lowest BCUT2D eigenvalue weighted by atomic mass is 9.94. The van der Waals surface area contributed by atoms with Gasteiger partial charge in [-0.3, -0.25) is 4.98 Å². The van der Waals surface area contributed by atoms with Crippen LogP contribution in [-0.2, 0) is 6.54 Å². The zero-order chi connectivity index (χ0) is 18.8. The molecule has 0 bridgehead atoms. The van der Waals surface area contributed by atoms with E-state index in [1.165, 1.54) is 5.39 Å². The zero-order valence-electron chi connectivity index (χ0n) is 16.6. The van der Waals surface area contributed by atoms with Crippen LogP contribution in [0.5, 0.6) is 0 Å². The van der Waals surface area contributed by atoms with Gasteiger partial charge in [0.05, 0.1) is 12.2 Å². The lowest BCUT2D eigenvalue weighted by molar-refractivity contribution is 0.243. The third-order valence-electron chi connectivity index (χ3n) is 4.39. The van der Waals surface area contributed by atoms with E-state index in [0.29, 0.717) is 18.4 Å². The van der Waals surface area contributed by atoms with Crippen molar-refractivity contribution in [3.8, 4) is 0 Å². The molecule has 1 aromatic carbocycles. The van der Waals surface area contributed by atoms with Crippen LogP contribution in [-0.4, -0.2) is 35.7 Å². The molecule has 0 amide bonds. The largest absolute Gasteiger partial charge is 0.396 e. The topological polar surface area (TPSA) is 69.5 Å². The van der Waals surface area contributed by atoms with Gasteiger partial charge in [-0.15, -0.1) is 24.0 Å². The van der Waals surface area contributed by atoms with Crippen molar-refractivity contribution in [2.75, 3.05) is 19.7 Å². The highest BCUT2D eigenvalue weighted by molar-refractivity contribution is 14.0. The van der Waals surface area contributed by atoms with Crippen molar-refractivity contribution < 1.29 is 5.11 Å². The summed E-state index contributed by atoms with van der Waals surface area (Å²) in [7, 11) is 0. The molecular formula is C21H33IN4O. The molecule has 150 valence electrons. The summed E-state index contributed by atoms with van der Waals surface area (Å²) in [5.74, 6) is 1.86. The lowest BCUT2D eigenvalue weighted by Gasteiger charge is -2.20. The van der Waals surface area contributed by atoms with Crippen molar-refractivity contribution in [3.63, 3.8) is 0 Å². The zero-order valence-corrected chi connectivity index (χ0v) is 18.9. The number of fused-ring (bicyclic) bond motifs is 1. The molecule has 2 aromatic rings. The van der Waals surface area contributed by atoms with E-state index in [0.717, 1.165) is 43.0 Å². The van der Waals surface area contributed by atoms with Gasteiger partial charge in [-0.1, -0.05) is 38.1 Å². The normalized spacial score (nSPS) is 12.7. The van der Waals surface area contributed by atoms with Crippen LogP contribution in [0, 0.1) is 11.8 Å². The summed E-state index contributed by atoms with van der Waals surface area (Å²) >= 11 is 0. The van der Waals surface area contributed by atoms with E-state index in [1.807, 2.05) is 24.4 Å². The molecule has 1 heterocycles. The van der Waals surface area contributed by atoms with Crippen LogP contribution in [0.2, 0.25) is 0 Å². The minimum Gasteiger partial charge on any atom is -0.396 e. The van der Waals surface area contributed by atoms with Crippen LogP contribution in [0.4, 0.5) is 0 Å². The maximum atomic E-state index is 9.29. The maximum absolute atomic E-state index is 9.29. The monoisotopic (exact) mass is 484 g/mol. The summed E-state index contributed by atoms with van der Waals surface area (Å²) in [5.41, 5.74) is 0.981. The second-order valence-corrected chi connectivity index (χ2v) is 7.06. The Labute approximate surface area is 180 Å². The Bertz CT molecular complexity index is 700. The van der Waals surface area contributed by atoms with Crippen molar-refractivity contribution in [3.05, 3.63) is 42.2 Å². The van der Waals surface area contributed by atoms with Gasteiger partial charge in [0.15, 0.2) is 5.96 Å². The van der Waals surface area contributed by atoms with E-state index in [-0.39, 0.29) is 30.6 Å². The molecular weight excluding hydrogens is 451 g/mol. The molecule has 0 saturated carbocycles. The Balaban J connectivity index is 0.00000364. The molecule has 1 atom stereocenters. The first-order valence-corrected chi connectivity index (χ1v) is 9.59. The van der Waals surface area contributed by atoms with Gasteiger partial charge in [-0.2, -0.15) is 0 Å². The van der Waals surface area contributed by atoms with Crippen molar-refractivity contribution in [1.82, 2.24) is 15.6 Å². The fraction of sp³-hybridized carbons (Fsp3) is 0.524. The summed E-state index contributed by atoms with van der Waals surface area (Å²) in [5, 5.41) is 18.4. The van der Waals surface area contributed by atoms with Crippen molar-refractivity contribution in [1.29, 1.82) is 0 Å². The Morgan fingerprint density at radius 2 is 1.96 bits per heavy atom. The number of aliphatic hydroxyl groups excluding tert-OH is 1. The number of aromatic nitrogens is 1. The quantitative estimate of drug-likeness (QED) is 0.287. The Morgan fingerprint density at radius 1 is 1.19 bits per heavy atom. The fourth-order valence-electron chi connectivity index (χ4n) is 3.20. The average Bonchev–Trinajstić information content (AvgIpc) is 2.63. The van der Waals surface area contributed by atoms with Gasteiger partial charge >= 0.3 is 0 Å². The summed E-state index contributed by atoms with van der Waals surface area (Å²) in [6, 6.07) is 10.3. The number of halogens is 1. The van der Waals surface area contributed by atoms with Crippen LogP contribution in [0.3, 0.4) is 0 Å².